The molecule has 1 aliphatic carbocycles. The van der Waals surface area contributed by atoms with Gasteiger partial charge in [-0.3, -0.25) is 0 Å². The first kappa shape index (κ1) is 17.4. The minimum absolute atomic E-state index is 0.113. The van der Waals surface area contributed by atoms with Gasteiger partial charge in [0.15, 0.2) is 0 Å². The van der Waals surface area contributed by atoms with Crippen LogP contribution in [0.3, 0.4) is 0 Å². The van der Waals surface area contributed by atoms with Crippen molar-refractivity contribution < 1.29 is 26.0 Å². The summed E-state index contributed by atoms with van der Waals surface area (Å²) in [5.74, 6) is 0.372. The van der Waals surface area contributed by atoms with Crippen molar-refractivity contribution in [3.05, 3.63) is 30.9 Å². The predicted octanol–water partition coefficient (Wildman–Crippen LogP) is 2.28. The average Bonchev–Trinajstić information content (AvgIpc) is 2.67. The topological polar surface area (TPSA) is 17.1 Å². The van der Waals surface area contributed by atoms with E-state index in [1.165, 1.54) is 38.5 Å². The summed E-state index contributed by atoms with van der Waals surface area (Å²) in [5, 5.41) is 0. The molecule has 20 heavy (non-hydrogen) atoms. The van der Waals surface area contributed by atoms with Gasteiger partial charge < -0.3 is 0 Å². The first-order chi connectivity index (χ1) is 9.56. The molecule has 1 fully saturated rings. The summed E-state index contributed by atoms with van der Waals surface area (Å²) in [5.41, 5.74) is 0.943. The van der Waals surface area contributed by atoms with E-state index < -0.39 is 0 Å². The molecule has 2 rings (SSSR count). The summed E-state index contributed by atoms with van der Waals surface area (Å²) < 4.78 is 2.63. The van der Waals surface area contributed by atoms with E-state index in [1.807, 2.05) is 0 Å². The van der Waals surface area contributed by atoms with Crippen molar-refractivity contribution in [2.24, 2.45) is 0 Å². The van der Waals surface area contributed by atoms with E-state index in [0.717, 1.165) is 19.1 Å². The third-order valence-corrected chi connectivity index (χ3v) is 9.47. The molecule has 0 spiro atoms. The number of carbonyl (C=O) groups is 1. The first-order valence-electron chi connectivity index (χ1n) is 7.05. The van der Waals surface area contributed by atoms with Crippen LogP contribution in [0.5, 0.6) is 0 Å². The molecule has 1 aromatic carbocycles. The Balaban J connectivity index is 2.18. The van der Waals surface area contributed by atoms with E-state index in [-0.39, 0.29) is 21.2 Å². The van der Waals surface area contributed by atoms with Gasteiger partial charge in [-0.2, -0.15) is 0 Å². The number of hydrogen-bond donors (Lipinski definition) is 0. The van der Waals surface area contributed by atoms with E-state index in [0.29, 0.717) is 9.20 Å². The molecule has 0 heterocycles. The molecule has 0 saturated heterocycles. The summed E-state index contributed by atoms with van der Waals surface area (Å²) in [7, 11) is 0. The zero-order chi connectivity index (χ0) is 14.6. The molecule has 4 heteroatoms. The van der Waals surface area contributed by atoms with Crippen LogP contribution in [0.25, 0.3) is 0 Å². The molecule has 0 radical (unpaired) electrons. The van der Waals surface area contributed by atoms with Crippen LogP contribution in [-0.2, 0) is 0 Å². The summed E-state index contributed by atoms with van der Waals surface area (Å²) in [6.07, 6.45) is 8.72. The second-order valence-corrected chi connectivity index (χ2v) is 11.3. The van der Waals surface area contributed by atoms with Gasteiger partial charge in [0.1, 0.15) is 0 Å². The Morgan fingerprint density at radius 3 is 2.45 bits per heavy atom. The van der Waals surface area contributed by atoms with Crippen LogP contribution in [0.15, 0.2) is 18.2 Å². The normalized spacial score (nSPS) is 18.8. The second kappa shape index (κ2) is 8.08. The van der Waals surface area contributed by atoms with Gasteiger partial charge in [0.05, 0.1) is 0 Å². The number of carbonyl (C=O) groups excluding carboxylic acids is 1. The Labute approximate surface area is 159 Å². The van der Waals surface area contributed by atoms with Crippen molar-refractivity contribution in [2.75, 3.05) is 4.93 Å². The van der Waals surface area contributed by atoms with E-state index in [9.17, 15) is 4.79 Å². The molecule has 1 aliphatic rings. The van der Waals surface area contributed by atoms with Crippen molar-refractivity contribution in [3.63, 3.8) is 0 Å². The Morgan fingerprint density at radius 1 is 1.20 bits per heavy atom. The van der Waals surface area contributed by atoms with Crippen molar-refractivity contribution in [3.8, 4) is 0 Å². The predicted molar refractivity (Wildman–Crippen MR) is 97.2 cm³/mol. The molecule has 1 nitrogen and oxygen atoms in total. The fraction of sp³-hybridized carbons (Fsp3) is 0.562. The van der Waals surface area contributed by atoms with Crippen LogP contribution < -0.4 is 21.2 Å². The summed E-state index contributed by atoms with van der Waals surface area (Å²) in [6, 6.07) is 6.20. The summed E-state index contributed by atoms with van der Waals surface area (Å²) >= 11 is 4.71. The molecule has 0 atom stereocenters. The van der Waals surface area contributed by atoms with E-state index in [1.54, 1.807) is 0 Å². The van der Waals surface area contributed by atoms with Crippen LogP contribution in [-0.4, -0.2) is 14.1 Å². The zero-order valence-electron chi connectivity index (χ0n) is 11.7. The fourth-order valence-electron chi connectivity index (χ4n) is 2.89. The Bertz CT molecular complexity index is 477. The number of alkyl halides is 2. The van der Waals surface area contributed by atoms with E-state index in [4.69, 9.17) is 0 Å². The van der Waals surface area contributed by atoms with Crippen LogP contribution in [0.1, 0.15) is 55.3 Å². The van der Waals surface area contributed by atoms with Gasteiger partial charge in [-0.05, 0) is 0 Å². The van der Waals surface area contributed by atoms with E-state index in [2.05, 4.69) is 68.3 Å². The maximum atomic E-state index is 12.8. The van der Waals surface area contributed by atoms with Crippen LogP contribution in [0.2, 0.25) is 0 Å². The average molecular weight is 609 g/mol. The maximum absolute atomic E-state index is 12.8. The van der Waals surface area contributed by atoms with Gasteiger partial charge in [0.25, 0.3) is 0 Å². The van der Waals surface area contributed by atoms with Crippen molar-refractivity contribution in [2.45, 2.75) is 48.4 Å². The van der Waals surface area contributed by atoms with Gasteiger partial charge in [0, 0.05) is 0 Å². The fourth-order valence-corrected chi connectivity index (χ4v) is 6.59. The number of ketones is 1. The number of Topliss-reactive ketones (excluding diaryl/α,β-unsaturated/α-hetero) is 1. The molecule has 0 N–H and O–H groups in total. The molecular formula is C16H20I3O-. The Morgan fingerprint density at radius 2 is 1.85 bits per heavy atom. The molecule has 0 amide bonds. The van der Waals surface area contributed by atoms with Gasteiger partial charge in [-0.1, -0.05) is 0 Å². The summed E-state index contributed by atoms with van der Waals surface area (Å²) in [4.78, 5) is 15.1. The second-order valence-electron chi connectivity index (χ2n) is 5.48. The standard InChI is InChI=1S/C16H20I3O/c1-19-16(8-4-2-3-5-9-16)11-15(20)13-10-12(17)6-7-14(13)18/h6-7,10H,2-5,8-9,11H2,1H3/q-1. The molecule has 112 valence electrons. The first-order valence-corrected chi connectivity index (χ1v) is 12.4. The van der Waals surface area contributed by atoms with Crippen LogP contribution >= 0.6 is 45.2 Å². The monoisotopic (exact) mass is 609 g/mol. The number of halogens is 3. The van der Waals surface area contributed by atoms with Gasteiger partial charge in [-0.25, -0.2) is 0 Å². The molecule has 0 unspecified atom stereocenters. The Kier molecular flexibility index (Phi) is 7.04. The molecule has 0 aromatic heterocycles. The molecular weight excluding hydrogens is 589 g/mol. The van der Waals surface area contributed by atoms with Gasteiger partial charge >= 0.3 is 161 Å². The number of rotatable bonds is 4. The van der Waals surface area contributed by atoms with Gasteiger partial charge in [-0.15, -0.1) is 0 Å². The third-order valence-electron chi connectivity index (χ3n) is 4.11. The molecule has 1 saturated carbocycles. The minimum atomic E-state index is 0.113. The van der Waals surface area contributed by atoms with Crippen LogP contribution in [0.4, 0.5) is 0 Å². The SMILES string of the molecule is C[I-]C1(CC(=O)c2cc(I)ccc2I)CCCCCC1. The molecule has 1 aromatic rings. The van der Waals surface area contributed by atoms with Crippen molar-refractivity contribution >= 4 is 51.0 Å². The summed E-state index contributed by atoms with van der Waals surface area (Å²) in [6.45, 7) is 0. The molecule has 0 bridgehead atoms. The quantitative estimate of drug-likeness (QED) is 0.222. The number of hydrogen-bond acceptors (Lipinski definition) is 1. The van der Waals surface area contributed by atoms with Crippen molar-refractivity contribution in [1.29, 1.82) is 0 Å². The Hall–Kier alpha value is 1.08. The molecule has 0 aliphatic heterocycles. The van der Waals surface area contributed by atoms with Gasteiger partial charge in [0.2, 0.25) is 0 Å². The zero-order valence-corrected chi connectivity index (χ0v) is 18.2. The van der Waals surface area contributed by atoms with Crippen molar-refractivity contribution in [1.82, 2.24) is 0 Å². The van der Waals surface area contributed by atoms with Crippen LogP contribution in [0, 0.1) is 7.14 Å². The van der Waals surface area contributed by atoms with E-state index >= 15 is 0 Å². The third kappa shape index (κ3) is 4.54. The number of benzene rings is 1.